The summed E-state index contributed by atoms with van der Waals surface area (Å²) in [5.41, 5.74) is 0. The van der Waals surface area contributed by atoms with E-state index in [0.717, 1.165) is 4.31 Å². The monoisotopic (exact) mass is 252 g/mol. The highest BCUT2D eigenvalue weighted by Gasteiger charge is 2.27. The Labute approximate surface area is 97.3 Å². The molecule has 0 rings (SSSR count). The normalized spacial score (nSPS) is 12.5. The lowest BCUT2D eigenvalue weighted by atomic mass is 10.4. The number of hydrogen-bond acceptors (Lipinski definition) is 4. The zero-order chi connectivity index (χ0) is 12.9. The van der Waals surface area contributed by atoms with E-state index in [2.05, 4.69) is 4.74 Å². The lowest BCUT2D eigenvalue weighted by Crippen LogP contribution is -2.45. The van der Waals surface area contributed by atoms with Crippen LogP contribution in [0.5, 0.6) is 0 Å². The highest BCUT2D eigenvalue weighted by molar-refractivity contribution is 7.86. The van der Waals surface area contributed by atoms with Gasteiger partial charge in [-0.1, -0.05) is 0 Å². The van der Waals surface area contributed by atoms with Crippen LogP contribution in [0.3, 0.4) is 0 Å². The molecule has 0 aliphatic heterocycles. The van der Waals surface area contributed by atoms with Crippen molar-refractivity contribution in [3.63, 3.8) is 0 Å². The Morgan fingerprint density at radius 2 is 1.81 bits per heavy atom. The average Bonchev–Trinajstić information content (AvgIpc) is 2.16. The Morgan fingerprint density at radius 1 is 1.31 bits per heavy atom. The van der Waals surface area contributed by atoms with Crippen LogP contribution in [0.4, 0.5) is 0 Å². The van der Waals surface area contributed by atoms with Crippen molar-refractivity contribution in [2.24, 2.45) is 0 Å². The van der Waals surface area contributed by atoms with Crippen molar-refractivity contribution in [2.45, 2.75) is 26.8 Å². The first-order valence-corrected chi connectivity index (χ1v) is 6.48. The van der Waals surface area contributed by atoms with E-state index >= 15 is 0 Å². The Balaban J connectivity index is 4.59. The molecule has 0 fully saturated rings. The number of nitrogens with zero attached hydrogens (tertiary/aromatic N) is 2. The third kappa shape index (κ3) is 4.07. The van der Waals surface area contributed by atoms with E-state index in [-0.39, 0.29) is 19.2 Å². The zero-order valence-electron chi connectivity index (χ0n) is 10.4. The molecule has 0 aromatic carbocycles. The molecule has 0 N–H and O–H groups in total. The summed E-state index contributed by atoms with van der Waals surface area (Å²) >= 11 is 0. The van der Waals surface area contributed by atoms with Crippen LogP contribution in [-0.4, -0.2) is 56.3 Å². The van der Waals surface area contributed by atoms with Gasteiger partial charge >= 0.3 is 5.97 Å². The Kier molecular flexibility index (Phi) is 5.91. The molecule has 0 atom stereocenters. The van der Waals surface area contributed by atoms with Gasteiger partial charge in [-0.05, 0) is 20.8 Å². The summed E-state index contributed by atoms with van der Waals surface area (Å²) in [7, 11) is -0.760. The summed E-state index contributed by atoms with van der Waals surface area (Å²) in [4.78, 5) is 11.1. The topological polar surface area (TPSA) is 66.9 Å². The summed E-state index contributed by atoms with van der Waals surface area (Å²) in [5.74, 6) is -0.550. The van der Waals surface area contributed by atoms with Crippen molar-refractivity contribution in [1.82, 2.24) is 8.61 Å². The molecule has 0 amide bonds. The van der Waals surface area contributed by atoms with Gasteiger partial charge in [0.25, 0.3) is 10.2 Å². The average molecular weight is 252 g/mol. The molecular formula is C9H20N2O4S. The molecule has 96 valence electrons. The maximum atomic E-state index is 11.9. The first-order valence-electron chi connectivity index (χ1n) is 5.08. The number of likely N-dealkylation sites (N-methyl/N-ethyl adjacent to an activating group) is 1. The quantitative estimate of drug-likeness (QED) is 0.627. The maximum Gasteiger partial charge on any atom is 0.321 e. The fraction of sp³-hybridized carbons (Fsp3) is 0.889. The SMILES string of the molecule is CCOC(=O)CN(C)S(=O)(=O)N(C)C(C)C. The van der Waals surface area contributed by atoms with Gasteiger partial charge < -0.3 is 4.74 Å². The lowest BCUT2D eigenvalue weighted by Gasteiger charge is -2.26. The smallest absolute Gasteiger partial charge is 0.321 e. The molecule has 0 aromatic rings. The van der Waals surface area contributed by atoms with Gasteiger partial charge in [0.2, 0.25) is 0 Å². The minimum absolute atomic E-state index is 0.158. The van der Waals surface area contributed by atoms with E-state index in [1.165, 1.54) is 18.4 Å². The van der Waals surface area contributed by atoms with Crippen LogP contribution in [0.15, 0.2) is 0 Å². The lowest BCUT2D eigenvalue weighted by molar-refractivity contribution is -0.143. The predicted molar refractivity (Wildman–Crippen MR) is 61.1 cm³/mol. The van der Waals surface area contributed by atoms with Gasteiger partial charge in [-0.2, -0.15) is 17.0 Å². The second kappa shape index (κ2) is 6.17. The van der Waals surface area contributed by atoms with Gasteiger partial charge in [-0.25, -0.2) is 0 Å². The number of rotatable bonds is 6. The van der Waals surface area contributed by atoms with Crippen molar-refractivity contribution >= 4 is 16.2 Å². The van der Waals surface area contributed by atoms with Crippen LogP contribution in [0.25, 0.3) is 0 Å². The van der Waals surface area contributed by atoms with Gasteiger partial charge in [-0.3, -0.25) is 4.79 Å². The van der Waals surface area contributed by atoms with Crippen LogP contribution in [0.1, 0.15) is 20.8 Å². The highest BCUT2D eigenvalue weighted by Crippen LogP contribution is 2.07. The molecule has 0 aliphatic carbocycles. The standard InChI is InChI=1S/C9H20N2O4S/c1-6-15-9(12)7-10(4)16(13,14)11(5)8(2)3/h8H,6-7H2,1-5H3. The van der Waals surface area contributed by atoms with Crippen molar-refractivity contribution in [1.29, 1.82) is 0 Å². The summed E-state index contributed by atoms with van der Waals surface area (Å²) in [6, 6.07) is -0.158. The molecule has 0 radical (unpaired) electrons. The Bertz CT molecular complexity index is 326. The van der Waals surface area contributed by atoms with E-state index in [0.29, 0.717) is 0 Å². The van der Waals surface area contributed by atoms with Crippen LogP contribution in [0.2, 0.25) is 0 Å². The van der Waals surface area contributed by atoms with Crippen LogP contribution >= 0.6 is 0 Å². The third-order valence-corrected chi connectivity index (χ3v) is 4.21. The maximum absolute atomic E-state index is 11.9. The third-order valence-electron chi connectivity index (χ3n) is 2.14. The molecule has 0 saturated carbocycles. The predicted octanol–water partition coefficient (Wildman–Crippen LogP) is 0.0663. The van der Waals surface area contributed by atoms with Gasteiger partial charge in [0.05, 0.1) is 6.61 Å². The molecule has 0 heterocycles. The number of carbonyl (C=O) groups is 1. The van der Waals surface area contributed by atoms with E-state index in [1.54, 1.807) is 20.8 Å². The van der Waals surface area contributed by atoms with E-state index < -0.39 is 16.2 Å². The summed E-state index contributed by atoms with van der Waals surface area (Å²) in [6.45, 7) is 5.16. The molecule has 6 nitrogen and oxygen atoms in total. The minimum atomic E-state index is -3.59. The second-order valence-corrected chi connectivity index (χ2v) is 5.77. The molecule has 0 spiro atoms. The van der Waals surface area contributed by atoms with Crippen LogP contribution in [0, 0.1) is 0 Å². The first kappa shape index (κ1) is 15.3. The summed E-state index contributed by atoms with van der Waals surface area (Å²) in [5, 5.41) is 0. The van der Waals surface area contributed by atoms with Gasteiger partial charge in [0.15, 0.2) is 0 Å². The number of ether oxygens (including phenoxy) is 1. The van der Waals surface area contributed by atoms with Crippen molar-refractivity contribution in [2.75, 3.05) is 27.2 Å². The van der Waals surface area contributed by atoms with Crippen molar-refractivity contribution in [3.05, 3.63) is 0 Å². The largest absolute Gasteiger partial charge is 0.465 e. The van der Waals surface area contributed by atoms with E-state index in [4.69, 9.17) is 0 Å². The fourth-order valence-corrected chi connectivity index (χ4v) is 2.20. The number of esters is 1. The van der Waals surface area contributed by atoms with Crippen LogP contribution < -0.4 is 0 Å². The minimum Gasteiger partial charge on any atom is -0.465 e. The highest BCUT2D eigenvalue weighted by atomic mass is 32.2. The Hall–Kier alpha value is -0.660. The first-order chi connectivity index (χ1) is 7.23. The molecule has 0 saturated heterocycles. The molecular weight excluding hydrogens is 232 g/mol. The van der Waals surface area contributed by atoms with Crippen molar-refractivity contribution in [3.8, 4) is 0 Å². The van der Waals surface area contributed by atoms with Crippen molar-refractivity contribution < 1.29 is 17.9 Å². The summed E-state index contributed by atoms with van der Waals surface area (Å²) < 4.78 is 30.6. The van der Waals surface area contributed by atoms with Gasteiger partial charge in [0.1, 0.15) is 6.54 Å². The van der Waals surface area contributed by atoms with Crippen LogP contribution in [-0.2, 0) is 19.7 Å². The summed E-state index contributed by atoms with van der Waals surface area (Å²) in [6.07, 6.45) is 0. The molecule has 7 heteroatoms. The van der Waals surface area contributed by atoms with E-state index in [9.17, 15) is 13.2 Å². The molecule has 0 aliphatic rings. The fourth-order valence-electron chi connectivity index (χ4n) is 0.956. The zero-order valence-corrected chi connectivity index (χ0v) is 11.2. The number of carbonyl (C=O) groups excluding carboxylic acids is 1. The molecule has 16 heavy (non-hydrogen) atoms. The second-order valence-electron chi connectivity index (χ2n) is 3.68. The molecule has 0 bridgehead atoms. The van der Waals surface area contributed by atoms with Gasteiger partial charge in [0, 0.05) is 20.1 Å². The number of hydrogen-bond donors (Lipinski definition) is 0. The van der Waals surface area contributed by atoms with E-state index in [1.807, 2.05) is 0 Å². The molecule has 0 aromatic heterocycles. The Morgan fingerprint density at radius 3 is 2.19 bits per heavy atom. The van der Waals surface area contributed by atoms with Gasteiger partial charge in [-0.15, -0.1) is 0 Å². The molecule has 0 unspecified atom stereocenters.